The number of fused-ring (bicyclic) bond motifs is 1. The Labute approximate surface area is 97.7 Å². The van der Waals surface area contributed by atoms with Crippen LogP contribution in [0.3, 0.4) is 0 Å². The number of rotatable bonds is 3. The van der Waals surface area contributed by atoms with Crippen molar-refractivity contribution in [3.05, 3.63) is 35.4 Å². The highest BCUT2D eigenvalue weighted by atomic mass is 16.3. The van der Waals surface area contributed by atoms with E-state index in [1.54, 1.807) is 0 Å². The second kappa shape index (κ2) is 5.46. The van der Waals surface area contributed by atoms with Crippen molar-refractivity contribution < 1.29 is 5.11 Å². The Morgan fingerprint density at radius 2 is 2.19 bits per heavy atom. The molecule has 0 heterocycles. The minimum Gasteiger partial charge on any atom is -0.395 e. The third-order valence-electron chi connectivity index (χ3n) is 3.38. The molecule has 2 N–H and O–H groups in total. The van der Waals surface area contributed by atoms with Gasteiger partial charge in [-0.25, -0.2) is 0 Å². The molecule has 2 nitrogen and oxygen atoms in total. The zero-order chi connectivity index (χ0) is 11.4. The fourth-order valence-electron chi connectivity index (χ4n) is 2.49. The average Bonchev–Trinajstić information content (AvgIpc) is 2.52. The number of hydrogen-bond acceptors (Lipinski definition) is 2. The van der Waals surface area contributed by atoms with E-state index in [2.05, 4.69) is 29.6 Å². The molecule has 0 amide bonds. The first-order chi connectivity index (χ1) is 7.81. The van der Waals surface area contributed by atoms with E-state index in [1.807, 2.05) is 6.92 Å². The topological polar surface area (TPSA) is 32.3 Å². The van der Waals surface area contributed by atoms with Crippen LogP contribution in [0, 0.1) is 0 Å². The number of aryl methyl sites for hydroxylation is 1. The van der Waals surface area contributed by atoms with Crippen molar-refractivity contribution in [3.63, 3.8) is 0 Å². The first-order valence-corrected chi connectivity index (χ1v) is 6.26. The minimum absolute atomic E-state index is 0.177. The Bertz CT molecular complexity index is 337. The number of aliphatic hydroxyl groups excluding tert-OH is 1. The van der Waals surface area contributed by atoms with Crippen molar-refractivity contribution in [2.75, 3.05) is 6.61 Å². The lowest BCUT2D eigenvalue weighted by Crippen LogP contribution is -2.33. The molecular weight excluding hydrogens is 198 g/mol. The molecule has 0 radical (unpaired) electrons. The van der Waals surface area contributed by atoms with Gasteiger partial charge in [0.1, 0.15) is 0 Å². The van der Waals surface area contributed by atoms with Gasteiger partial charge in [0, 0.05) is 12.1 Å². The van der Waals surface area contributed by atoms with Gasteiger partial charge in [0.05, 0.1) is 6.61 Å². The molecular formula is C14H21NO. The molecule has 0 saturated heterocycles. The summed E-state index contributed by atoms with van der Waals surface area (Å²) in [6.45, 7) is 2.24. The van der Waals surface area contributed by atoms with Crippen molar-refractivity contribution in [3.8, 4) is 0 Å². The van der Waals surface area contributed by atoms with Gasteiger partial charge in [0.25, 0.3) is 0 Å². The van der Waals surface area contributed by atoms with Crippen LogP contribution in [0.4, 0.5) is 0 Å². The van der Waals surface area contributed by atoms with Crippen LogP contribution in [0.1, 0.15) is 43.4 Å². The minimum atomic E-state index is 0.177. The molecule has 2 heteroatoms. The molecule has 1 aromatic carbocycles. The zero-order valence-electron chi connectivity index (χ0n) is 9.95. The third-order valence-corrected chi connectivity index (χ3v) is 3.38. The van der Waals surface area contributed by atoms with Crippen molar-refractivity contribution in [1.82, 2.24) is 5.32 Å². The van der Waals surface area contributed by atoms with Gasteiger partial charge in [0.2, 0.25) is 0 Å². The van der Waals surface area contributed by atoms with Gasteiger partial charge in [0.15, 0.2) is 0 Å². The van der Waals surface area contributed by atoms with Crippen molar-refractivity contribution in [1.29, 1.82) is 0 Å². The lowest BCUT2D eigenvalue weighted by molar-refractivity contribution is 0.238. The molecule has 0 spiro atoms. The van der Waals surface area contributed by atoms with Crippen molar-refractivity contribution in [2.45, 2.75) is 44.7 Å². The molecule has 16 heavy (non-hydrogen) atoms. The van der Waals surface area contributed by atoms with Crippen LogP contribution in [-0.4, -0.2) is 17.8 Å². The van der Waals surface area contributed by atoms with Gasteiger partial charge >= 0.3 is 0 Å². The monoisotopic (exact) mass is 219 g/mol. The Balaban J connectivity index is 2.19. The summed E-state index contributed by atoms with van der Waals surface area (Å²) >= 11 is 0. The second-order valence-electron chi connectivity index (χ2n) is 4.75. The van der Waals surface area contributed by atoms with E-state index >= 15 is 0 Å². The molecule has 0 aromatic heterocycles. The van der Waals surface area contributed by atoms with Crippen molar-refractivity contribution in [2.24, 2.45) is 0 Å². The summed E-state index contributed by atoms with van der Waals surface area (Å²) in [7, 11) is 0. The highest BCUT2D eigenvalue weighted by Crippen LogP contribution is 2.28. The van der Waals surface area contributed by atoms with E-state index in [4.69, 9.17) is 5.11 Å². The van der Waals surface area contributed by atoms with E-state index in [0.29, 0.717) is 6.04 Å². The Kier molecular flexibility index (Phi) is 3.97. The summed E-state index contributed by atoms with van der Waals surface area (Å²) < 4.78 is 0. The maximum atomic E-state index is 9.12. The summed E-state index contributed by atoms with van der Waals surface area (Å²) in [4.78, 5) is 0. The van der Waals surface area contributed by atoms with E-state index in [9.17, 15) is 0 Å². The Hall–Kier alpha value is -0.860. The predicted molar refractivity (Wildman–Crippen MR) is 66.4 cm³/mol. The lowest BCUT2D eigenvalue weighted by Gasteiger charge is -2.22. The molecule has 0 bridgehead atoms. The standard InChI is InChI=1S/C14H21NO/c1-11(10-16)15-14-9-5-3-7-12-6-2-4-8-13(12)14/h2,4,6,8,11,14-16H,3,5,7,9-10H2,1H3. The van der Waals surface area contributed by atoms with Gasteiger partial charge in [-0.3, -0.25) is 0 Å². The zero-order valence-corrected chi connectivity index (χ0v) is 9.95. The van der Waals surface area contributed by atoms with Gasteiger partial charge in [-0.15, -0.1) is 0 Å². The highest BCUT2D eigenvalue weighted by molar-refractivity contribution is 5.31. The smallest absolute Gasteiger partial charge is 0.0582 e. The molecule has 1 aliphatic carbocycles. The van der Waals surface area contributed by atoms with Crippen LogP contribution in [0.25, 0.3) is 0 Å². The number of nitrogens with one attached hydrogen (secondary N) is 1. The molecule has 1 aromatic rings. The first kappa shape index (κ1) is 11.6. The van der Waals surface area contributed by atoms with E-state index in [1.165, 1.54) is 36.8 Å². The lowest BCUT2D eigenvalue weighted by atomic mass is 9.98. The summed E-state index contributed by atoms with van der Waals surface area (Å²) in [6.07, 6.45) is 4.93. The molecule has 2 rings (SSSR count). The quantitative estimate of drug-likeness (QED) is 0.765. The third kappa shape index (κ3) is 2.63. The fraction of sp³-hybridized carbons (Fsp3) is 0.571. The molecule has 2 atom stereocenters. The fourth-order valence-corrected chi connectivity index (χ4v) is 2.49. The van der Waals surface area contributed by atoms with Crippen LogP contribution in [-0.2, 0) is 6.42 Å². The van der Waals surface area contributed by atoms with Gasteiger partial charge in [-0.2, -0.15) is 0 Å². The maximum absolute atomic E-state index is 9.12. The van der Waals surface area contributed by atoms with E-state index in [0.717, 1.165) is 0 Å². The van der Waals surface area contributed by atoms with Crippen LogP contribution in [0.2, 0.25) is 0 Å². The average molecular weight is 219 g/mol. The van der Waals surface area contributed by atoms with Gasteiger partial charge in [-0.1, -0.05) is 30.7 Å². The van der Waals surface area contributed by atoms with Crippen LogP contribution in [0.15, 0.2) is 24.3 Å². The summed E-state index contributed by atoms with van der Waals surface area (Å²) in [5, 5.41) is 12.6. The van der Waals surface area contributed by atoms with Crippen LogP contribution in [0.5, 0.6) is 0 Å². The van der Waals surface area contributed by atoms with Crippen LogP contribution >= 0.6 is 0 Å². The normalized spacial score (nSPS) is 22.2. The number of benzene rings is 1. The summed E-state index contributed by atoms with van der Waals surface area (Å²) in [5.41, 5.74) is 2.91. The summed E-state index contributed by atoms with van der Waals surface area (Å²) in [5.74, 6) is 0. The maximum Gasteiger partial charge on any atom is 0.0582 e. The Morgan fingerprint density at radius 3 is 3.00 bits per heavy atom. The molecule has 0 fully saturated rings. The Morgan fingerprint density at radius 1 is 1.38 bits per heavy atom. The second-order valence-corrected chi connectivity index (χ2v) is 4.75. The van der Waals surface area contributed by atoms with Gasteiger partial charge < -0.3 is 10.4 Å². The predicted octanol–water partition coefficient (Wildman–Crippen LogP) is 2.42. The molecule has 1 aliphatic rings. The largest absolute Gasteiger partial charge is 0.395 e. The van der Waals surface area contributed by atoms with Crippen molar-refractivity contribution >= 4 is 0 Å². The molecule has 88 valence electrons. The van der Waals surface area contributed by atoms with E-state index in [-0.39, 0.29) is 12.6 Å². The number of hydrogen-bond donors (Lipinski definition) is 2. The highest BCUT2D eigenvalue weighted by Gasteiger charge is 2.19. The number of aliphatic hydroxyl groups is 1. The van der Waals surface area contributed by atoms with Crippen LogP contribution < -0.4 is 5.32 Å². The first-order valence-electron chi connectivity index (χ1n) is 6.26. The SMILES string of the molecule is CC(CO)NC1CCCCc2ccccc21. The summed E-state index contributed by atoms with van der Waals surface area (Å²) in [6, 6.07) is 9.29. The van der Waals surface area contributed by atoms with Gasteiger partial charge in [-0.05, 0) is 37.3 Å². The van der Waals surface area contributed by atoms with E-state index < -0.39 is 0 Å². The molecule has 0 aliphatic heterocycles. The molecule has 0 saturated carbocycles. The molecule has 2 unspecified atom stereocenters.